The zero-order valence-electron chi connectivity index (χ0n) is 10.6. The first kappa shape index (κ1) is 13.2. The summed E-state index contributed by atoms with van der Waals surface area (Å²) in [7, 11) is 0. The highest BCUT2D eigenvalue weighted by atomic mass is 16.5. The summed E-state index contributed by atoms with van der Waals surface area (Å²) in [6, 6.07) is 0.437. The summed E-state index contributed by atoms with van der Waals surface area (Å²) in [5.74, 6) is 0. The fourth-order valence-electron chi connectivity index (χ4n) is 1.43. The third-order valence-electron chi connectivity index (χ3n) is 2.36. The van der Waals surface area contributed by atoms with Crippen molar-refractivity contribution in [2.75, 3.05) is 19.8 Å². The van der Waals surface area contributed by atoms with Crippen LogP contribution in [0.25, 0.3) is 0 Å². The molecule has 0 saturated heterocycles. The van der Waals surface area contributed by atoms with Gasteiger partial charge < -0.3 is 10.1 Å². The highest BCUT2D eigenvalue weighted by Gasteiger charge is 2.00. The van der Waals surface area contributed by atoms with Crippen molar-refractivity contribution in [1.82, 2.24) is 15.1 Å². The minimum Gasteiger partial charge on any atom is -0.382 e. The van der Waals surface area contributed by atoms with Crippen molar-refractivity contribution in [2.24, 2.45) is 0 Å². The molecule has 4 heteroatoms. The molecule has 1 rings (SSSR count). The molecule has 1 aromatic rings. The molecule has 0 spiro atoms. The van der Waals surface area contributed by atoms with Crippen LogP contribution in [0.15, 0.2) is 12.4 Å². The van der Waals surface area contributed by atoms with Gasteiger partial charge in [0.15, 0.2) is 0 Å². The monoisotopic (exact) mass is 225 g/mol. The van der Waals surface area contributed by atoms with Crippen LogP contribution in [-0.4, -0.2) is 29.5 Å². The van der Waals surface area contributed by atoms with Crippen molar-refractivity contribution in [3.63, 3.8) is 0 Å². The van der Waals surface area contributed by atoms with Gasteiger partial charge in [-0.3, -0.25) is 4.68 Å². The zero-order valence-corrected chi connectivity index (χ0v) is 10.6. The number of rotatable bonds is 8. The Morgan fingerprint density at radius 2 is 2.31 bits per heavy atom. The van der Waals surface area contributed by atoms with Gasteiger partial charge in [0.25, 0.3) is 0 Å². The van der Waals surface area contributed by atoms with E-state index in [1.165, 1.54) is 5.56 Å². The molecule has 1 heterocycles. The summed E-state index contributed by atoms with van der Waals surface area (Å²) in [4.78, 5) is 0. The number of ether oxygens (including phenoxy) is 1. The SMILES string of the molecule is CCOCCCNCc1cnn(C(C)C)c1. The van der Waals surface area contributed by atoms with Gasteiger partial charge in [0.2, 0.25) is 0 Å². The molecule has 16 heavy (non-hydrogen) atoms. The second-order valence-electron chi connectivity index (χ2n) is 4.15. The van der Waals surface area contributed by atoms with Gasteiger partial charge in [-0.25, -0.2) is 0 Å². The number of aromatic nitrogens is 2. The van der Waals surface area contributed by atoms with E-state index >= 15 is 0 Å². The predicted molar refractivity (Wildman–Crippen MR) is 65.4 cm³/mol. The summed E-state index contributed by atoms with van der Waals surface area (Å²) >= 11 is 0. The first-order valence-corrected chi connectivity index (χ1v) is 6.05. The largest absolute Gasteiger partial charge is 0.382 e. The van der Waals surface area contributed by atoms with E-state index in [0.29, 0.717) is 6.04 Å². The van der Waals surface area contributed by atoms with Crippen LogP contribution in [0.1, 0.15) is 38.8 Å². The molecule has 4 nitrogen and oxygen atoms in total. The van der Waals surface area contributed by atoms with Gasteiger partial charge in [-0.15, -0.1) is 0 Å². The quantitative estimate of drug-likeness (QED) is 0.688. The Morgan fingerprint density at radius 1 is 1.50 bits per heavy atom. The average Bonchev–Trinajstić information content (AvgIpc) is 2.72. The first-order chi connectivity index (χ1) is 7.74. The van der Waals surface area contributed by atoms with Gasteiger partial charge in [0, 0.05) is 37.6 Å². The molecule has 92 valence electrons. The number of nitrogens with zero attached hydrogens (tertiary/aromatic N) is 2. The highest BCUT2D eigenvalue weighted by Crippen LogP contribution is 2.04. The molecule has 0 aromatic carbocycles. The lowest BCUT2D eigenvalue weighted by molar-refractivity contribution is 0.144. The maximum Gasteiger partial charge on any atom is 0.0534 e. The third-order valence-corrected chi connectivity index (χ3v) is 2.36. The van der Waals surface area contributed by atoms with E-state index in [-0.39, 0.29) is 0 Å². The fraction of sp³-hybridized carbons (Fsp3) is 0.750. The minimum absolute atomic E-state index is 0.437. The van der Waals surface area contributed by atoms with Gasteiger partial charge in [0.1, 0.15) is 0 Å². The Morgan fingerprint density at radius 3 is 2.94 bits per heavy atom. The van der Waals surface area contributed by atoms with Gasteiger partial charge >= 0.3 is 0 Å². The summed E-state index contributed by atoms with van der Waals surface area (Å²) in [5, 5.41) is 7.68. The van der Waals surface area contributed by atoms with Crippen molar-refractivity contribution < 1.29 is 4.74 Å². The summed E-state index contributed by atoms with van der Waals surface area (Å²) in [6.07, 6.45) is 5.09. The maximum atomic E-state index is 5.26. The average molecular weight is 225 g/mol. The molecule has 0 saturated carbocycles. The van der Waals surface area contributed by atoms with Crippen LogP contribution < -0.4 is 5.32 Å². The summed E-state index contributed by atoms with van der Waals surface area (Å²) in [5.41, 5.74) is 1.24. The van der Waals surface area contributed by atoms with Crippen LogP contribution >= 0.6 is 0 Å². The summed E-state index contributed by atoms with van der Waals surface area (Å²) < 4.78 is 7.25. The van der Waals surface area contributed by atoms with E-state index in [0.717, 1.165) is 32.7 Å². The normalized spacial score (nSPS) is 11.2. The molecule has 1 aromatic heterocycles. The van der Waals surface area contributed by atoms with Crippen LogP contribution in [-0.2, 0) is 11.3 Å². The van der Waals surface area contributed by atoms with Gasteiger partial charge in [0.05, 0.1) is 6.20 Å². The second kappa shape index (κ2) is 7.41. The topological polar surface area (TPSA) is 39.1 Å². The Balaban J connectivity index is 2.12. The smallest absolute Gasteiger partial charge is 0.0534 e. The lowest BCUT2D eigenvalue weighted by Crippen LogP contribution is -2.16. The van der Waals surface area contributed by atoms with Gasteiger partial charge in [-0.1, -0.05) is 0 Å². The van der Waals surface area contributed by atoms with E-state index in [2.05, 4.69) is 30.5 Å². The van der Waals surface area contributed by atoms with Crippen molar-refractivity contribution in [1.29, 1.82) is 0 Å². The Bertz CT molecular complexity index is 284. The lowest BCUT2D eigenvalue weighted by atomic mass is 10.3. The standard InChI is InChI=1S/C12H23N3O/c1-4-16-7-5-6-13-8-12-9-14-15(10-12)11(2)3/h9-11,13H,4-8H2,1-3H3. The molecule has 0 amide bonds. The lowest BCUT2D eigenvalue weighted by Gasteiger charge is -2.04. The molecular formula is C12H23N3O. The third kappa shape index (κ3) is 4.77. The van der Waals surface area contributed by atoms with Crippen molar-refractivity contribution >= 4 is 0 Å². The second-order valence-corrected chi connectivity index (χ2v) is 4.15. The van der Waals surface area contributed by atoms with Crippen molar-refractivity contribution in [3.8, 4) is 0 Å². The van der Waals surface area contributed by atoms with Crippen LogP contribution in [0.5, 0.6) is 0 Å². The van der Waals surface area contributed by atoms with E-state index in [4.69, 9.17) is 4.74 Å². The number of hydrogen-bond acceptors (Lipinski definition) is 3. The highest BCUT2D eigenvalue weighted by molar-refractivity contribution is 5.03. The van der Waals surface area contributed by atoms with Crippen LogP contribution in [0.3, 0.4) is 0 Å². The zero-order chi connectivity index (χ0) is 11.8. The summed E-state index contributed by atoms with van der Waals surface area (Å²) in [6.45, 7) is 9.81. The first-order valence-electron chi connectivity index (χ1n) is 6.05. The minimum atomic E-state index is 0.437. The molecule has 0 unspecified atom stereocenters. The van der Waals surface area contributed by atoms with E-state index in [1.54, 1.807) is 0 Å². The van der Waals surface area contributed by atoms with E-state index < -0.39 is 0 Å². The van der Waals surface area contributed by atoms with Crippen LogP contribution in [0.4, 0.5) is 0 Å². The molecule has 0 aliphatic rings. The van der Waals surface area contributed by atoms with Crippen LogP contribution in [0.2, 0.25) is 0 Å². The fourth-order valence-corrected chi connectivity index (χ4v) is 1.43. The molecule has 0 aliphatic heterocycles. The Kier molecular flexibility index (Phi) is 6.11. The maximum absolute atomic E-state index is 5.26. The number of nitrogens with one attached hydrogen (secondary N) is 1. The number of hydrogen-bond donors (Lipinski definition) is 1. The Hall–Kier alpha value is -0.870. The molecular weight excluding hydrogens is 202 g/mol. The molecule has 1 N–H and O–H groups in total. The van der Waals surface area contributed by atoms with Gasteiger partial charge in [-0.2, -0.15) is 5.10 Å². The molecule has 0 aliphatic carbocycles. The molecule has 0 atom stereocenters. The van der Waals surface area contributed by atoms with E-state index in [9.17, 15) is 0 Å². The molecule has 0 radical (unpaired) electrons. The van der Waals surface area contributed by atoms with Crippen LogP contribution in [0, 0.1) is 0 Å². The van der Waals surface area contributed by atoms with Crippen molar-refractivity contribution in [3.05, 3.63) is 18.0 Å². The molecule has 0 bridgehead atoms. The van der Waals surface area contributed by atoms with Gasteiger partial charge in [-0.05, 0) is 33.7 Å². The Labute approximate surface area is 98.0 Å². The van der Waals surface area contributed by atoms with Crippen molar-refractivity contribution in [2.45, 2.75) is 39.8 Å². The molecule has 0 fully saturated rings. The van der Waals surface area contributed by atoms with E-state index in [1.807, 2.05) is 17.8 Å². The predicted octanol–water partition coefficient (Wildman–Crippen LogP) is 1.98.